The normalized spacial score (nSPS) is 17.4. The van der Waals surface area contributed by atoms with E-state index in [-0.39, 0.29) is 12.1 Å². The maximum atomic E-state index is 11.8. The van der Waals surface area contributed by atoms with E-state index in [1.165, 1.54) is 12.8 Å². The van der Waals surface area contributed by atoms with E-state index >= 15 is 0 Å². The number of rotatable bonds is 3. The lowest BCUT2D eigenvalue weighted by atomic mass is 10.1. The van der Waals surface area contributed by atoms with Gasteiger partial charge in [-0.2, -0.15) is 0 Å². The van der Waals surface area contributed by atoms with Gasteiger partial charge >= 0.3 is 6.03 Å². The first-order valence-electron chi connectivity index (χ1n) is 6.47. The summed E-state index contributed by atoms with van der Waals surface area (Å²) in [5.74, 6) is 0. The Bertz CT molecular complexity index is 399. The summed E-state index contributed by atoms with van der Waals surface area (Å²) >= 11 is 5.84. The maximum Gasteiger partial charge on any atom is 0.315 e. The van der Waals surface area contributed by atoms with Crippen LogP contribution in [0.25, 0.3) is 0 Å². The Morgan fingerprint density at radius 2 is 1.89 bits per heavy atom. The molecule has 1 fully saturated rings. The molecule has 1 saturated carbocycles. The average Bonchev–Trinajstić information content (AvgIpc) is 2.82. The van der Waals surface area contributed by atoms with Crippen molar-refractivity contribution in [1.29, 1.82) is 0 Å². The highest BCUT2D eigenvalue weighted by molar-refractivity contribution is 6.30. The van der Waals surface area contributed by atoms with E-state index in [0.29, 0.717) is 11.1 Å². The fraction of sp³-hybridized carbons (Fsp3) is 0.500. The van der Waals surface area contributed by atoms with Crippen LogP contribution in [0.5, 0.6) is 0 Å². The molecule has 1 aliphatic rings. The maximum absolute atomic E-state index is 11.8. The van der Waals surface area contributed by atoms with Crippen molar-refractivity contribution >= 4 is 17.6 Å². The van der Waals surface area contributed by atoms with Gasteiger partial charge in [0.1, 0.15) is 0 Å². The molecule has 18 heavy (non-hydrogen) atoms. The van der Waals surface area contributed by atoms with Gasteiger partial charge in [-0.25, -0.2) is 4.79 Å². The molecule has 2 N–H and O–H groups in total. The van der Waals surface area contributed by atoms with Gasteiger partial charge in [0.15, 0.2) is 0 Å². The van der Waals surface area contributed by atoms with E-state index < -0.39 is 0 Å². The highest BCUT2D eigenvalue weighted by Gasteiger charge is 2.18. The third kappa shape index (κ3) is 3.64. The second-order valence-electron chi connectivity index (χ2n) is 4.87. The molecule has 0 saturated heterocycles. The molecule has 0 aromatic heterocycles. The van der Waals surface area contributed by atoms with Gasteiger partial charge in [-0.3, -0.25) is 0 Å². The Morgan fingerprint density at radius 3 is 2.50 bits per heavy atom. The minimum Gasteiger partial charge on any atom is -0.335 e. The van der Waals surface area contributed by atoms with Crippen molar-refractivity contribution in [2.24, 2.45) is 0 Å². The van der Waals surface area contributed by atoms with Crippen LogP contribution in [0.1, 0.15) is 44.2 Å². The summed E-state index contributed by atoms with van der Waals surface area (Å²) in [5.41, 5.74) is 1.06. The van der Waals surface area contributed by atoms with Crippen LogP contribution in [0.2, 0.25) is 5.02 Å². The third-order valence-corrected chi connectivity index (χ3v) is 3.66. The Kier molecular flexibility index (Phi) is 4.48. The first kappa shape index (κ1) is 13.2. The van der Waals surface area contributed by atoms with E-state index in [1.54, 1.807) is 0 Å². The van der Waals surface area contributed by atoms with Crippen molar-refractivity contribution in [2.45, 2.75) is 44.7 Å². The fourth-order valence-corrected chi connectivity index (χ4v) is 2.45. The van der Waals surface area contributed by atoms with Crippen LogP contribution in [0.3, 0.4) is 0 Å². The van der Waals surface area contributed by atoms with Crippen molar-refractivity contribution in [3.63, 3.8) is 0 Å². The Labute approximate surface area is 113 Å². The zero-order chi connectivity index (χ0) is 13.0. The number of hydrogen-bond donors (Lipinski definition) is 2. The molecule has 1 aromatic carbocycles. The zero-order valence-electron chi connectivity index (χ0n) is 10.6. The van der Waals surface area contributed by atoms with Crippen LogP contribution < -0.4 is 10.6 Å². The summed E-state index contributed by atoms with van der Waals surface area (Å²) in [5, 5.41) is 6.67. The van der Waals surface area contributed by atoms with Crippen LogP contribution >= 0.6 is 11.6 Å². The molecule has 1 aliphatic carbocycles. The number of urea groups is 1. The van der Waals surface area contributed by atoms with Gasteiger partial charge in [0.25, 0.3) is 0 Å². The van der Waals surface area contributed by atoms with Crippen molar-refractivity contribution in [1.82, 2.24) is 10.6 Å². The predicted octanol–water partition coefficient (Wildman–Crippen LogP) is 3.64. The summed E-state index contributed by atoms with van der Waals surface area (Å²) in [6.45, 7) is 1.97. The van der Waals surface area contributed by atoms with Crippen LogP contribution in [-0.4, -0.2) is 12.1 Å². The molecule has 3 nitrogen and oxygen atoms in total. The topological polar surface area (TPSA) is 41.1 Å². The molecule has 2 amide bonds. The molecule has 2 rings (SSSR count). The molecule has 0 radical (unpaired) electrons. The minimum absolute atomic E-state index is 0.0105. The van der Waals surface area contributed by atoms with Crippen molar-refractivity contribution in [3.8, 4) is 0 Å². The number of carbonyl (C=O) groups is 1. The van der Waals surface area contributed by atoms with Crippen LogP contribution in [0, 0.1) is 0 Å². The monoisotopic (exact) mass is 266 g/mol. The SMILES string of the molecule is C[C@@H](NC(=O)NC1CCCC1)c1ccc(Cl)cc1. The highest BCUT2D eigenvalue weighted by atomic mass is 35.5. The minimum atomic E-state index is -0.0793. The number of hydrogen-bond acceptors (Lipinski definition) is 1. The third-order valence-electron chi connectivity index (χ3n) is 3.41. The molecule has 1 atom stereocenters. The number of benzene rings is 1. The lowest BCUT2D eigenvalue weighted by Crippen LogP contribution is -2.41. The van der Waals surface area contributed by atoms with Gasteiger partial charge in [0, 0.05) is 11.1 Å². The molecule has 0 aliphatic heterocycles. The molecular formula is C14H19ClN2O. The molecule has 0 heterocycles. The quantitative estimate of drug-likeness (QED) is 0.862. The van der Waals surface area contributed by atoms with E-state index in [4.69, 9.17) is 11.6 Å². The van der Waals surface area contributed by atoms with Crippen molar-refractivity contribution in [3.05, 3.63) is 34.9 Å². The number of amides is 2. The van der Waals surface area contributed by atoms with E-state index in [9.17, 15) is 4.79 Å². The van der Waals surface area contributed by atoms with E-state index in [1.807, 2.05) is 31.2 Å². The molecule has 0 unspecified atom stereocenters. The van der Waals surface area contributed by atoms with E-state index in [0.717, 1.165) is 18.4 Å². The lowest BCUT2D eigenvalue weighted by molar-refractivity contribution is 0.234. The zero-order valence-corrected chi connectivity index (χ0v) is 11.3. The smallest absolute Gasteiger partial charge is 0.315 e. The molecule has 4 heteroatoms. The second-order valence-corrected chi connectivity index (χ2v) is 5.31. The van der Waals surface area contributed by atoms with Crippen molar-refractivity contribution < 1.29 is 4.79 Å². The van der Waals surface area contributed by atoms with Gasteiger partial charge in [0.05, 0.1) is 6.04 Å². The second kappa shape index (κ2) is 6.10. The summed E-state index contributed by atoms with van der Waals surface area (Å²) in [6, 6.07) is 7.80. The molecule has 98 valence electrons. The summed E-state index contributed by atoms with van der Waals surface area (Å²) in [7, 11) is 0. The average molecular weight is 267 g/mol. The van der Waals surface area contributed by atoms with Gasteiger partial charge in [0.2, 0.25) is 0 Å². The Hall–Kier alpha value is -1.22. The van der Waals surface area contributed by atoms with Gasteiger partial charge < -0.3 is 10.6 Å². The first-order valence-corrected chi connectivity index (χ1v) is 6.85. The fourth-order valence-electron chi connectivity index (χ4n) is 2.33. The molecule has 0 spiro atoms. The largest absolute Gasteiger partial charge is 0.335 e. The molecule has 0 bridgehead atoms. The Morgan fingerprint density at radius 1 is 1.28 bits per heavy atom. The summed E-state index contributed by atoms with van der Waals surface area (Å²) in [4.78, 5) is 11.8. The number of carbonyl (C=O) groups excluding carboxylic acids is 1. The van der Waals surface area contributed by atoms with E-state index in [2.05, 4.69) is 10.6 Å². The van der Waals surface area contributed by atoms with Gasteiger partial charge in [-0.15, -0.1) is 0 Å². The number of halogens is 1. The van der Waals surface area contributed by atoms with Crippen LogP contribution in [0.15, 0.2) is 24.3 Å². The highest BCUT2D eigenvalue weighted by Crippen LogP contribution is 2.18. The standard InChI is InChI=1S/C14H19ClN2O/c1-10(11-6-8-12(15)9-7-11)16-14(18)17-13-4-2-3-5-13/h6-10,13H,2-5H2,1H3,(H2,16,17,18)/t10-/m1/s1. The first-order chi connectivity index (χ1) is 8.65. The van der Waals surface area contributed by atoms with Gasteiger partial charge in [-0.1, -0.05) is 36.6 Å². The van der Waals surface area contributed by atoms with Gasteiger partial charge in [-0.05, 0) is 37.5 Å². The number of nitrogens with one attached hydrogen (secondary N) is 2. The van der Waals surface area contributed by atoms with Crippen LogP contribution in [-0.2, 0) is 0 Å². The summed E-state index contributed by atoms with van der Waals surface area (Å²) < 4.78 is 0. The van der Waals surface area contributed by atoms with Crippen LogP contribution in [0.4, 0.5) is 4.79 Å². The predicted molar refractivity (Wildman–Crippen MR) is 73.8 cm³/mol. The Balaban J connectivity index is 1.84. The summed E-state index contributed by atoms with van der Waals surface area (Å²) in [6.07, 6.45) is 4.64. The molecular weight excluding hydrogens is 248 g/mol. The molecule has 1 aromatic rings. The van der Waals surface area contributed by atoms with Crippen molar-refractivity contribution in [2.75, 3.05) is 0 Å². The lowest BCUT2D eigenvalue weighted by Gasteiger charge is -2.17.